The maximum Gasteiger partial charge on any atom is 0.306 e. The highest BCUT2D eigenvalue weighted by molar-refractivity contribution is 6.23. The molecule has 6 nitrogen and oxygen atoms in total. The average Bonchev–Trinajstić information content (AvgIpc) is 3.38. The molecule has 0 heterocycles. The number of carbonyl (C=O) groups is 3. The maximum absolute atomic E-state index is 12.9. The first kappa shape index (κ1) is 59.4. The van der Waals surface area contributed by atoms with Gasteiger partial charge in [0.25, 0.3) is 0 Å². The second-order valence-electron chi connectivity index (χ2n) is 20.7. The molecule has 0 N–H and O–H groups in total. The summed E-state index contributed by atoms with van der Waals surface area (Å²) in [6.07, 6.45) is 49.3. The van der Waals surface area contributed by atoms with Gasteiger partial charge in [0.2, 0.25) is 0 Å². The fraction of sp³-hybridized carbons (Fsp3) is 0.646. The predicted molar refractivity (Wildman–Crippen MR) is 301 cm³/mol. The van der Waals surface area contributed by atoms with Gasteiger partial charge < -0.3 is 14.2 Å². The molecule has 4 aromatic rings. The Kier molecular flexibility index (Phi) is 32.9. The van der Waals surface area contributed by atoms with Gasteiger partial charge in [0.05, 0.1) is 0 Å². The van der Waals surface area contributed by atoms with Crippen LogP contribution in [0.5, 0.6) is 0 Å². The zero-order valence-corrected chi connectivity index (χ0v) is 45.1. The number of unbranched alkanes of at least 4 members (excludes halogenated alkanes) is 28. The summed E-state index contributed by atoms with van der Waals surface area (Å²) in [5.41, 5.74) is 1.45. The Balaban J connectivity index is 1.07. The first-order valence-electron chi connectivity index (χ1n) is 29.5. The lowest BCUT2D eigenvalue weighted by Gasteiger charge is -2.18. The van der Waals surface area contributed by atoms with Crippen LogP contribution in [0, 0.1) is 0 Å². The molecule has 0 aliphatic heterocycles. The van der Waals surface area contributed by atoms with Gasteiger partial charge in [0.15, 0.2) is 6.10 Å². The molecule has 0 spiro atoms. The molecule has 4 aromatic carbocycles. The van der Waals surface area contributed by atoms with E-state index in [9.17, 15) is 14.4 Å². The minimum absolute atomic E-state index is 0.0916. The highest BCUT2D eigenvalue weighted by Gasteiger charge is 2.20. The average molecular weight is 975 g/mol. The molecular formula is C65H98O6. The van der Waals surface area contributed by atoms with Crippen molar-refractivity contribution in [3.05, 3.63) is 84.5 Å². The van der Waals surface area contributed by atoms with E-state index in [1.165, 1.54) is 166 Å². The van der Waals surface area contributed by atoms with Crippen molar-refractivity contribution >= 4 is 50.2 Å². The van der Waals surface area contributed by atoms with E-state index in [0.717, 1.165) is 89.9 Å². The molecule has 0 fully saturated rings. The second kappa shape index (κ2) is 39.4. The molecule has 0 aliphatic rings. The van der Waals surface area contributed by atoms with Crippen molar-refractivity contribution in [2.45, 2.75) is 258 Å². The largest absolute Gasteiger partial charge is 0.462 e. The minimum atomic E-state index is -0.798. The Labute approximate surface area is 432 Å². The van der Waals surface area contributed by atoms with E-state index in [1.807, 2.05) is 0 Å². The van der Waals surface area contributed by atoms with Crippen molar-refractivity contribution in [1.82, 2.24) is 0 Å². The number of rotatable bonds is 45. The lowest BCUT2D eigenvalue weighted by molar-refractivity contribution is -0.167. The number of benzene rings is 4. The Morgan fingerprint density at radius 1 is 0.408 bits per heavy atom. The van der Waals surface area contributed by atoms with Crippen LogP contribution in [-0.2, 0) is 35.0 Å². The first-order valence-corrected chi connectivity index (χ1v) is 29.5. The van der Waals surface area contributed by atoms with E-state index in [-0.39, 0.29) is 31.1 Å². The van der Waals surface area contributed by atoms with E-state index in [0.29, 0.717) is 19.3 Å². The predicted octanol–water partition coefficient (Wildman–Crippen LogP) is 19.3. The van der Waals surface area contributed by atoms with Crippen LogP contribution in [-0.4, -0.2) is 37.2 Å². The van der Waals surface area contributed by atoms with Crippen molar-refractivity contribution in [3.63, 3.8) is 0 Å². The summed E-state index contributed by atoms with van der Waals surface area (Å²) in [4.78, 5) is 38.4. The van der Waals surface area contributed by atoms with Gasteiger partial charge in [-0.05, 0) is 121 Å². The number of ether oxygens (including phenoxy) is 3. The number of carbonyl (C=O) groups excluding carboxylic acids is 3. The third-order valence-electron chi connectivity index (χ3n) is 14.4. The molecule has 1 unspecified atom stereocenters. The second-order valence-corrected chi connectivity index (χ2v) is 20.7. The quantitative estimate of drug-likeness (QED) is 0.0144. The van der Waals surface area contributed by atoms with Crippen molar-refractivity contribution < 1.29 is 28.6 Å². The molecule has 0 aromatic heterocycles. The van der Waals surface area contributed by atoms with Crippen molar-refractivity contribution in [3.8, 4) is 0 Å². The normalized spacial score (nSPS) is 12.3. The van der Waals surface area contributed by atoms with Crippen LogP contribution in [0.2, 0.25) is 0 Å². The van der Waals surface area contributed by atoms with Gasteiger partial charge in [-0.3, -0.25) is 14.4 Å². The fourth-order valence-corrected chi connectivity index (χ4v) is 10.1. The fourth-order valence-electron chi connectivity index (χ4n) is 10.1. The Morgan fingerprint density at radius 2 is 0.789 bits per heavy atom. The van der Waals surface area contributed by atoms with Crippen LogP contribution in [0.15, 0.2) is 78.9 Å². The third-order valence-corrected chi connectivity index (χ3v) is 14.4. The van der Waals surface area contributed by atoms with Gasteiger partial charge in [-0.15, -0.1) is 0 Å². The zero-order chi connectivity index (χ0) is 50.2. The highest BCUT2D eigenvalue weighted by Crippen LogP contribution is 2.37. The number of esters is 3. The standard InChI is InChI=1S/C65H98O6/c1-3-5-7-9-11-13-15-17-19-21-23-25-29-33-37-47-61(66)69-53-59(71-63(68)49-39-35-30-26-24-22-20-18-16-14-12-10-8-6-4-2)54-70-62(67)48-38-34-31-27-28-32-36-42-57-52-58-45-40-43-55-50-51-56-44-41-46-60(57)65(56)64(55)58/h17-20,40-41,43-46,50-52,59H,3-16,21-39,42,47-49,53-54H2,1-2H3/b19-17-,20-18-. The molecule has 71 heavy (non-hydrogen) atoms. The molecular weight excluding hydrogens is 877 g/mol. The van der Waals surface area contributed by atoms with E-state index in [1.54, 1.807) is 0 Å². The summed E-state index contributed by atoms with van der Waals surface area (Å²) in [7, 11) is 0. The molecule has 0 radical (unpaired) electrons. The molecule has 0 amide bonds. The van der Waals surface area contributed by atoms with Gasteiger partial charge in [-0.25, -0.2) is 0 Å². The van der Waals surface area contributed by atoms with E-state index < -0.39 is 6.10 Å². The van der Waals surface area contributed by atoms with Crippen LogP contribution >= 0.6 is 0 Å². The molecule has 0 saturated carbocycles. The molecule has 394 valence electrons. The van der Waals surface area contributed by atoms with E-state index in [4.69, 9.17) is 14.2 Å². The van der Waals surface area contributed by atoms with Crippen LogP contribution < -0.4 is 0 Å². The molecule has 0 aliphatic carbocycles. The number of hydrogen-bond donors (Lipinski definition) is 0. The van der Waals surface area contributed by atoms with Gasteiger partial charge in [0, 0.05) is 19.3 Å². The van der Waals surface area contributed by atoms with Gasteiger partial charge in [-0.1, -0.05) is 228 Å². The molecule has 0 bridgehead atoms. The third kappa shape index (κ3) is 26.4. The van der Waals surface area contributed by atoms with Crippen LogP contribution in [0.1, 0.15) is 251 Å². The maximum atomic E-state index is 12.9. The first-order chi connectivity index (χ1) is 35.0. The summed E-state index contributed by atoms with van der Waals surface area (Å²) in [6, 6.07) is 20.2. The molecule has 0 saturated heterocycles. The summed E-state index contributed by atoms with van der Waals surface area (Å²) in [6.45, 7) is 4.34. The van der Waals surface area contributed by atoms with Gasteiger partial charge >= 0.3 is 17.9 Å². The topological polar surface area (TPSA) is 78.9 Å². The summed E-state index contributed by atoms with van der Waals surface area (Å²) in [5, 5.41) is 8.15. The SMILES string of the molecule is CCCCCCCC/C=C\CCCCCCCC(=O)OCC(COC(=O)CCCCCCCCCc1cc2cccc3ccc4cccc1c4c32)OC(=O)CCCCCCC/C=C\CCCCCCCC. The van der Waals surface area contributed by atoms with E-state index >= 15 is 0 Å². The van der Waals surface area contributed by atoms with E-state index in [2.05, 4.69) is 92.7 Å². The molecule has 1 atom stereocenters. The van der Waals surface area contributed by atoms with Crippen LogP contribution in [0.4, 0.5) is 0 Å². The molecule has 4 rings (SSSR count). The summed E-state index contributed by atoms with van der Waals surface area (Å²) in [5.74, 6) is -0.914. The number of allylic oxidation sites excluding steroid dienone is 4. The lowest BCUT2D eigenvalue weighted by Crippen LogP contribution is -2.30. The van der Waals surface area contributed by atoms with Crippen molar-refractivity contribution in [2.24, 2.45) is 0 Å². The Morgan fingerprint density at radius 3 is 1.27 bits per heavy atom. The zero-order valence-electron chi connectivity index (χ0n) is 45.1. The van der Waals surface area contributed by atoms with Crippen molar-refractivity contribution in [2.75, 3.05) is 13.2 Å². The number of aryl methyl sites for hydroxylation is 1. The summed E-state index contributed by atoms with van der Waals surface area (Å²) < 4.78 is 17.0. The van der Waals surface area contributed by atoms with Crippen LogP contribution in [0.3, 0.4) is 0 Å². The van der Waals surface area contributed by atoms with Gasteiger partial charge in [0.1, 0.15) is 13.2 Å². The molecule has 6 heteroatoms. The van der Waals surface area contributed by atoms with Crippen LogP contribution in [0.25, 0.3) is 32.3 Å². The smallest absolute Gasteiger partial charge is 0.306 e. The van der Waals surface area contributed by atoms with Gasteiger partial charge in [-0.2, -0.15) is 0 Å². The summed E-state index contributed by atoms with van der Waals surface area (Å²) >= 11 is 0. The van der Waals surface area contributed by atoms with Crippen molar-refractivity contribution in [1.29, 1.82) is 0 Å². The lowest BCUT2D eigenvalue weighted by atomic mass is 9.89. The highest BCUT2D eigenvalue weighted by atomic mass is 16.6. The Hall–Kier alpha value is -4.19. The minimum Gasteiger partial charge on any atom is -0.462 e. The number of hydrogen-bond acceptors (Lipinski definition) is 6. The Bertz CT molecular complexity index is 2050. The monoisotopic (exact) mass is 975 g/mol.